The zero-order chi connectivity index (χ0) is 15.5. The van der Waals surface area contributed by atoms with Crippen LogP contribution in [-0.4, -0.2) is 22.5 Å². The Morgan fingerprint density at radius 3 is 2.05 bits per heavy atom. The van der Waals surface area contributed by atoms with E-state index in [1.807, 2.05) is 0 Å². The fraction of sp³-hybridized carbons (Fsp3) is 0.385. The number of aliphatic carboxylic acids is 1. The molecule has 20 heavy (non-hydrogen) atoms. The molecular weight excluding hydrogens is 336 g/mol. The maximum atomic E-state index is 13.7. The average Bonchev–Trinajstić information content (AvgIpc) is 2.34. The van der Waals surface area contributed by atoms with Gasteiger partial charge in [-0.1, -0.05) is 29.8 Å². The number of nitrogens with one attached hydrogen (secondary N) is 1. The average molecular weight is 350 g/mol. The van der Waals surface area contributed by atoms with Crippen molar-refractivity contribution in [3.8, 4) is 0 Å². The third kappa shape index (κ3) is 3.15. The Bertz CT molecular complexity index is 521. The van der Waals surface area contributed by atoms with Crippen molar-refractivity contribution in [2.75, 3.05) is 0 Å². The Balaban J connectivity index is 3.17. The molecule has 1 aromatic carbocycles. The minimum atomic E-state index is -1.54. The van der Waals surface area contributed by atoms with Crippen molar-refractivity contribution in [3.63, 3.8) is 0 Å². The van der Waals surface area contributed by atoms with E-state index < -0.39 is 34.6 Å². The molecule has 0 bridgehead atoms. The first-order chi connectivity index (χ1) is 9.27. The van der Waals surface area contributed by atoms with Crippen LogP contribution >= 0.6 is 15.9 Å². The SMILES string of the molecule is CCC(CC)(NC(=O)c1c(F)cc(Br)cc1F)C(=O)O. The van der Waals surface area contributed by atoms with E-state index in [0.29, 0.717) is 0 Å². The number of halogens is 3. The van der Waals surface area contributed by atoms with Gasteiger partial charge in [0, 0.05) is 4.47 Å². The molecule has 1 aromatic rings. The molecule has 0 saturated carbocycles. The summed E-state index contributed by atoms with van der Waals surface area (Å²) in [4.78, 5) is 23.2. The van der Waals surface area contributed by atoms with Crippen LogP contribution in [-0.2, 0) is 4.79 Å². The summed E-state index contributed by atoms with van der Waals surface area (Å²) in [6, 6.07) is 1.89. The van der Waals surface area contributed by atoms with Gasteiger partial charge in [-0.05, 0) is 25.0 Å². The Morgan fingerprint density at radius 2 is 1.70 bits per heavy atom. The van der Waals surface area contributed by atoms with Crippen molar-refractivity contribution >= 4 is 27.8 Å². The number of rotatable bonds is 5. The highest BCUT2D eigenvalue weighted by Gasteiger charge is 2.37. The quantitative estimate of drug-likeness (QED) is 0.858. The number of hydrogen-bond acceptors (Lipinski definition) is 2. The van der Waals surface area contributed by atoms with Gasteiger partial charge >= 0.3 is 5.97 Å². The molecular formula is C13H14BrF2NO3. The van der Waals surface area contributed by atoms with E-state index in [2.05, 4.69) is 21.2 Å². The van der Waals surface area contributed by atoms with Gasteiger partial charge in [-0.3, -0.25) is 4.79 Å². The zero-order valence-corrected chi connectivity index (χ0v) is 12.6. The van der Waals surface area contributed by atoms with Crippen molar-refractivity contribution in [1.82, 2.24) is 5.32 Å². The van der Waals surface area contributed by atoms with Crippen LogP contribution in [0.1, 0.15) is 37.0 Å². The second kappa shape index (κ2) is 6.30. The molecule has 0 fully saturated rings. The molecule has 7 heteroatoms. The van der Waals surface area contributed by atoms with Crippen LogP contribution in [0.15, 0.2) is 16.6 Å². The van der Waals surface area contributed by atoms with Gasteiger partial charge in [-0.2, -0.15) is 0 Å². The Labute approximate surface area is 123 Å². The van der Waals surface area contributed by atoms with Crippen molar-refractivity contribution < 1.29 is 23.5 Å². The van der Waals surface area contributed by atoms with Gasteiger partial charge in [-0.15, -0.1) is 0 Å². The highest BCUT2D eigenvalue weighted by atomic mass is 79.9. The number of carboxylic acid groups (broad SMARTS) is 1. The molecule has 0 aliphatic heterocycles. The molecule has 0 aromatic heterocycles. The van der Waals surface area contributed by atoms with Crippen LogP contribution in [0.25, 0.3) is 0 Å². The smallest absolute Gasteiger partial charge is 0.329 e. The number of carboxylic acids is 1. The van der Waals surface area contributed by atoms with E-state index in [1.54, 1.807) is 13.8 Å². The normalized spacial score (nSPS) is 11.2. The van der Waals surface area contributed by atoms with E-state index >= 15 is 0 Å². The van der Waals surface area contributed by atoms with E-state index in [1.165, 1.54) is 0 Å². The zero-order valence-electron chi connectivity index (χ0n) is 11.0. The lowest BCUT2D eigenvalue weighted by Gasteiger charge is -2.28. The van der Waals surface area contributed by atoms with Crippen LogP contribution in [0.2, 0.25) is 0 Å². The van der Waals surface area contributed by atoms with Gasteiger partial charge in [0.1, 0.15) is 22.7 Å². The molecule has 0 radical (unpaired) electrons. The summed E-state index contributed by atoms with van der Waals surface area (Å²) < 4.78 is 27.5. The maximum Gasteiger partial charge on any atom is 0.329 e. The van der Waals surface area contributed by atoms with Gasteiger partial charge in [-0.25, -0.2) is 13.6 Å². The topological polar surface area (TPSA) is 66.4 Å². The fourth-order valence-corrected chi connectivity index (χ4v) is 2.22. The van der Waals surface area contributed by atoms with Crippen molar-refractivity contribution in [1.29, 1.82) is 0 Å². The summed E-state index contributed by atoms with van der Waals surface area (Å²) in [7, 11) is 0. The molecule has 110 valence electrons. The second-order valence-electron chi connectivity index (χ2n) is 4.29. The van der Waals surface area contributed by atoms with Crippen LogP contribution in [0.5, 0.6) is 0 Å². The number of carbonyl (C=O) groups is 2. The minimum absolute atomic E-state index is 0.102. The number of benzene rings is 1. The van der Waals surface area contributed by atoms with Crippen molar-refractivity contribution in [2.24, 2.45) is 0 Å². The van der Waals surface area contributed by atoms with Crippen LogP contribution in [0.3, 0.4) is 0 Å². The predicted octanol–water partition coefficient (Wildman–Crippen LogP) is 3.10. The molecule has 1 rings (SSSR count). The van der Waals surface area contributed by atoms with Crippen molar-refractivity contribution in [2.45, 2.75) is 32.2 Å². The molecule has 0 aliphatic carbocycles. The molecule has 0 unspecified atom stereocenters. The van der Waals surface area contributed by atoms with E-state index in [4.69, 9.17) is 0 Å². The molecule has 0 saturated heterocycles. The van der Waals surface area contributed by atoms with Gasteiger partial charge in [0.15, 0.2) is 0 Å². The van der Waals surface area contributed by atoms with Gasteiger partial charge < -0.3 is 10.4 Å². The molecule has 2 N–H and O–H groups in total. The lowest BCUT2D eigenvalue weighted by molar-refractivity contribution is -0.144. The molecule has 1 amide bonds. The first-order valence-corrected chi connectivity index (χ1v) is 6.77. The number of carbonyl (C=O) groups excluding carboxylic acids is 1. The van der Waals surface area contributed by atoms with Gasteiger partial charge in [0.25, 0.3) is 5.91 Å². The Kier molecular flexibility index (Phi) is 5.21. The fourth-order valence-electron chi connectivity index (χ4n) is 1.82. The van der Waals surface area contributed by atoms with Crippen LogP contribution in [0.4, 0.5) is 8.78 Å². The maximum absolute atomic E-state index is 13.7. The summed E-state index contributed by atoms with van der Waals surface area (Å²) in [6.07, 6.45) is 0.203. The lowest BCUT2D eigenvalue weighted by Crippen LogP contribution is -2.54. The van der Waals surface area contributed by atoms with Crippen molar-refractivity contribution in [3.05, 3.63) is 33.8 Å². The third-order valence-corrected chi connectivity index (χ3v) is 3.66. The number of hydrogen-bond donors (Lipinski definition) is 2. The number of amides is 1. The van der Waals surface area contributed by atoms with Crippen LogP contribution in [0, 0.1) is 11.6 Å². The third-order valence-electron chi connectivity index (χ3n) is 3.20. The molecule has 4 nitrogen and oxygen atoms in total. The predicted molar refractivity (Wildman–Crippen MR) is 72.5 cm³/mol. The molecule has 0 aliphatic rings. The van der Waals surface area contributed by atoms with E-state index in [0.717, 1.165) is 12.1 Å². The first kappa shape index (κ1) is 16.6. The molecule has 0 heterocycles. The Morgan fingerprint density at radius 1 is 1.25 bits per heavy atom. The highest BCUT2D eigenvalue weighted by Crippen LogP contribution is 2.22. The molecule has 0 atom stereocenters. The summed E-state index contributed by atoms with van der Waals surface area (Å²) >= 11 is 2.90. The van der Waals surface area contributed by atoms with E-state index in [9.17, 15) is 23.5 Å². The standard InChI is InChI=1S/C13H14BrF2NO3/c1-3-13(4-2,12(19)20)17-11(18)10-8(15)5-7(14)6-9(10)16/h5-6H,3-4H2,1-2H3,(H,17,18)(H,19,20). The summed E-state index contributed by atoms with van der Waals surface area (Å²) in [5.41, 5.74) is -2.33. The summed E-state index contributed by atoms with van der Waals surface area (Å²) in [6.45, 7) is 3.15. The second-order valence-corrected chi connectivity index (χ2v) is 5.21. The van der Waals surface area contributed by atoms with Gasteiger partial charge in [0.05, 0.1) is 0 Å². The summed E-state index contributed by atoms with van der Waals surface area (Å²) in [5.74, 6) is -4.44. The largest absolute Gasteiger partial charge is 0.480 e. The Hall–Kier alpha value is -1.50. The summed E-state index contributed by atoms with van der Waals surface area (Å²) in [5, 5.41) is 11.4. The highest BCUT2D eigenvalue weighted by molar-refractivity contribution is 9.10. The first-order valence-electron chi connectivity index (χ1n) is 5.97. The minimum Gasteiger partial charge on any atom is -0.480 e. The monoisotopic (exact) mass is 349 g/mol. The van der Waals surface area contributed by atoms with Gasteiger partial charge in [0.2, 0.25) is 0 Å². The molecule has 0 spiro atoms. The van der Waals surface area contributed by atoms with Crippen LogP contribution < -0.4 is 5.32 Å². The van der Waals surface area contributed by atoms with E-state index in [-0.39, 0.29) is 17.3 Å². The lowest BCUT2D eigenvalue weighted by atomic mass is 9.92.